The highest BCUT2D eigenvalue weighted by Crippen LogP contribution is 2.48. The van der Waals surface area contributed by atoms with Crippen LogP contribution in [0.1, 0.15) is 36.2 Å². The molecular weight excluding hydrogens is 370 g/mol. The van der Waals surface area contributed by atoms with Gasteiger partial charge in [0, 0.05) is 6.42 Å². The van der Waals surface area contributed by atoms with Crippen LogP contribution in [0, 0.1) is 5.82 Å². The molecular formula is C20H22FO5P. The number of benzene rings is 2. The maximum Gasteiger partial charge on any atom is 0.367 e. The van der Waals surface area contributed by atoms with Crippen molar-refractivity contribution in [1.82, 2.24) is 0 Å². The van der Waals surface area contributed by atoms with E-state index in [2.05, 4.69) is 0 Å². The summed E-state index contributed by atoms with van der Waals surface area (Å²) in [6, 6.07) is 9.72. The quantitative estimate of drug-likeness (QED) is 0.576. The Bertz CT molecular complexity index is 886. The lowest BCUT2D eigenvalue weighted by Gasteiger charge is -2.19. The monoisotopic (exact) mass is 392 g/mol. The van der Waals surface area contributed by atoms with Crippen molar-refractivity contribution in [2.24, 2.45) is 0 Å². The second kappa shape index (κ2) is 8.34. The third kappa shape index (κ3) is 4.29. The third-order valence-electron chi connectivity index (χ3n) is 4.32. The Morgan fingerprint density at radius 2 is 1.81 bits per heavy atom. The molecule has 0 saturated carbocycles. The molecule has 144 valence electrons. The van der Waals surface area contributed by atoms with Gasteiger partial charge in [-0.05, 0) is 55.2 Å². The van der Waals surface area contributed by atoms with Gasteiger partial charge in [0.25, 0.3) is 0 Å². The summed E-state index contributed by atoms with van der Waals surface area (Å²) in [5, 5.41) is 0. The van der Waals surface area contributed by atoms with Crippen LogP contribution in [0.4, 0.5) is 4.39 Å². The largest absolute Gasteiger partial charge is 0.480 e. The number of ether oxygens (including phenoxy) is 1. The van der Waals surface area contributed by atoms with Gasteiger partial charge in [0.05, 0.1) is 18.8 Å². The Morgan fingerprint density at radius 3 is 2.48 bits per heavy atom. The van der Waals surface area contributed by atoms with Crippen LogP contribution in [0.2, 0.25) is 0 Å². The van der Waals surface area contributed by atoms with Crippen LogP contribution >= 0.6 is 7.60 Å². The molecule has 0 bridgehead atoms. The van der Waals surface area contributed by atoms with E-state index in [4.69, 9.17) is 13.8 Å². The van der Waals surface area contributed by atoms with Crippen molar-refractivity contribution in [3.8, 4) is 16.9 Å². The summed E-state index contributed by atoms with van der Waals surface area (Å²) < 4.78 is 42.4. The minimum atomic E-state index is -3.39. The molecule has 0 spiro atoms. The van der Waals surface area contributed by atoms with Gasteiger partial charge in [-0.1, -0.05) is 18.2 Å². The third-order valence-corrected chi connectivity index (χ3v) is 6.07. The van der Waals surface area contributed by atoms with E-state index in [1.54, 1.807) is 38.1 Å². The van der Waals surface area contributed by atoms with E-state index in [0.717, 1.165) is 11.1 Å². The molecule has 7 heteroatoms. The predicted octanol–water partition coefficient (Wildman–Crippen LogP) is 5.22. The standard InChI is InChI=1S/C20H22FO5P/c1-3-25-27(23,26-4-2)13-24-19-11-9-16(14-6-5-7-15(21)12-14)17-8-10-18(22)20(17)19/h5-7,9,11-12H,3-4,8,10,13H2,1-2H3. The Balaban J connectivity index is 1.93. The molecule has 0 aromatic heterocycles. The highest BCUT2D eigenvalue weighted by Gasteiger charge is 2.30. The molecule has 1 aliphatic rings. The van der Waals surface area contributed by atoms with E-state index in [9.17, 15) is 13.8 Å². The lowest BCUT2D eigenvalue weighted by atomic mass is 9.96. The topological polar surface area (TPSA) is 61.8 Å². The Kier molecular flexibility index (Phi) is 6.10. The van der Waals surface area contributed by atoms with Crippen molar-refractivity contribution in [2.45, 2.75) is 26.7 Å². The zero-order valence-corrected chi connectivity index (χ0v) is 16.3. The van der Waals surface area contributed by atoms with Gasteiger partial charge >= 0.3 is 7.60 Å². The van der Waals surface area contributed by atoms with Crippen molar-refractivity contribution >= 4 is 13.4 Å². The van der Waals surface area contributed by atoms with E-state index < -0.39 is 7.60 Å². The first kappa shape index (κ1) is 19.7. The average Bonchev–Trinajstić information content (AvgIpc) is 3.02. The van der Waals surface area contributed by atoms with Gasteiger partial charge in [-0.15, -0.1) is 0 Å². The zero-order valence-electron chi connectivity index (χ0n) is 15.4. The molecule has 0 aliphatic heterocycles. The molecule has 0 unspecified atom stereocenters. The number of fused-ring (bicyclic) bond motifs is 1. The normalized spacial score (nSPS) is 13.7. The average molecular weight is 392 g/mol. The number of rotatable bonds is 8. The fraction of sp³-hybridized carbons (Fsp3) is 0.350. The van der Waals surface area contributed by atoms with Crippen LogP contribution in [0.5, 0.6) is 5.75 Å². The summed E-state index contributed by atoms with van der Waals surface area (Å²) in [7, 11) is -3.39. The van der Waals surface area contributed by atoms with Crippen molar-refractivity contribution in [2.75, 3.05) is 19.6 Å². The number of ketones is 1. The summed E-state index contributed by atoms with van der Waals surface area (Å²) in [6.07, 6.45) is 0.659. The van der Waals surface area contributed by atoms with E-state index in [0.29, 0.717) is 29.7 Å². The predicted molar refractivity (Wildman–Crippen MR) is 101 cm³/mol. The van der Waals surface area contributed by atoms with Gasteiger partial charge in [0.1, 0.15) is 11.6 Å². The Hall–Kier alpha value is -2.01. The lowest BCUT2D eigenvalue weighted by Crippen LogP contribution is -2.08. The van der Waals surface area contributed by atoms with Crippen molar-refractivity contribution in [3.63, 3.8) is 0 Å². The number of hydrogen-bond donors (Lipinski definition) is 0. The minimum Gasteiger partial charge on any atom is -0.480 e. The second-order valence-electron chi connectivity index (χ2n) is 6.12. The van der Waals surface area contributed by atoms with E-state index in [1.165, 1.54) is 12.1 Å². The number of hydrogen-bond acceptors (Lipinski definition) is 5. The summed E-state index contributed by atoms with van der Waals surface area (Å²) in [5.41, 5.74) is 2.81. The Labute approximate surface area is 158 Å². The molecule has 0 amide bonds. The van der Waals surface area contributed by atoms with Crippen LogP contribution < -0.4 is 4.74 Å². The van der Waals surface area contributed by atoms with Gasteiger partial charge in [-0.3, -0.25) is 9.36 Å². The SMILES string of the molecule is CCOP(=O)(COc1ccc(-c2cccc(F)c2)c2c1C(=O)CC2)OCC. The molecule has 0 radical (unpaired) electrons. The van der Waals surface area contributed by atoms with Crippen LogP contribution in [-0.4, -0.2) is 25.3 Å². The molecule has 27 heavy (non-hydrogen) atoms. The molecule has 2 aromatic carbocycles. The van der Waals surface area contributed by atoms with Gasteiger partial charge in [-0.2, -0.15) is 0 Å². The first-order valence-corrected chi connectivity index (χ1v) is 10.7. The van der Waals surface area contributed by atoms with E-state index >= 15 is 0 Å². The first-order valence-electron chi connectivity index (χ1n) is 8.93. The van der Waals surface area contributed by atoms with Crippen LogP contribution in [0.3, 0.4) is 0 Å². The van der Waals surface area contributed by atoms with Crippen molar-refractivity contribution in [1.29, 1.82) is 0 Å². The summed E-state index contributed by atoms with van der Waals surface area (Å²) in [6.45, 7) is 3.91. The van der Waals surface area contributed by atoms with Gasteiger partial charge in [-0.25, -0.2) is 4.39 Å². The van der Waals surface area contributed by atoms with Crippen LogP contribution in [0.15, 0.2) is 36.4 Å². The number of Topliss-reactive ketones (excluding diaryl/α,β-unsaturated/α-hetero) is 1. The molecule has 0 saturated heterocycles. The molecule has 5 nitrogen and oxygen atoms in total. The second-order valence-corrected chi connectivity index (χ2v) is 8.11. The zero-order chi connectivity index (χ0) is 19.4. The summed E-state index contributed by atoms with van der Waals surface area (Å²) >= 11 is 0. The molecule has 0 N–H and O–H groups in total. The van der Waals surface area contributed by atoms with Gasteiger partial charge < -0.3 is 13.8 Å². The maximum atomic E-state index is 13.6. The van der Waals surface area contributed by atoms with Crippen molar-refractivity contribution < 1.29 is 27.5 Å². The van der Waals surface area contributed by atoms with E-state index in [-0.39, 0.29) is 31.2 Å². The number of carbonyl (C=O) groups is 1. The number of carbonyl (C=O) groups excluding carboxylic acids is 1. The fourth-order valence-electron chi connectivity index (χ4n) is 3.26. The summed E-state index contributed by atoms with van der Waals surface area (Å²) in [4.78, 5) is 12.4. The highest BCUT2D eigenvalue weighted by atomic mass is 31.2. The molecule has 0 heterocycles. The maximum absolute atomic E-state index is 13.6. The number of halogens is 1. The molecule has 1 aliphatic carbocycles. The molecule has 3 rings (SSSR count). The smallest absolute Gasteiger partial charge is 0.367 e. The lowest BCUT2D eigenvalue weighted by molar-refractivity contribution is 0.0990. The van der Waals surface area contributed by atoms with Gasteiger partial charge in [0.15, 0.2) is 12.1 Å². The van der Waals surface area contributed by atoms with Crippen LogP contribution in [0.25, 0.3) is 11.1 Å². The fourth-order valence-corrected chi connectivity index (χ4v) is 4.56. The first-order chi connectivity index (χ1) is 13.0. The van der Waals surface area contributed by atoms with Gasteiger partial charge in [0.2, 0.25) is 0 Å². The molecule has 0 atom stereocenters. The highest BCUT2D eigenvalue weighted by molar-refractivity contribution is 7.53. The molecule has 2 aromatic rings. The minimum absolute atomic E-state index is 0.0408. The van der Waals surface area contributed by atoms with E-state index in [1.807, 2.05) is 0 Å². The van der Waals surface area contributed by atoms with Crippen LogP contribution in [-0.2, 0) is 20.0 Å². The summed E-state index contributed by atoms with van der Waals surface area (Å²) in [5.74, 6) is -0.0199. The van der Waals surface area contributed by atoms with Crippen molar-refractivity contribution in [3.05, 3.63) is 53.3 Å². The molecule has 0 fully saturated rings. The Morgan fingerprint density at radius 1 is 1.07 bits per heavy atom.